The Balaban J connectivity index is 1.87. The molecule has 1 N–H and O–H groups in total. The number of hydrogen-bond donors (Lipinski definition) is 1. The van der Waals surface area contributed by atoms with Gasteiger partial charge in [-0.25, -0.2) is 17.5 Å². The lowest BCUT2D eigenvalue weighted by Crippen LogP contribution is -2.33. The van der Waals surface area contributed by atoms with Gasteiger partial charge in [0.2, 0.25) is 10.0 Å². The molecule has 3 rings (SSSR count). The molecule has 0 aromatic heterocycles. The van der Waals surface area contributed by atoms with E-state index < -0.39 is 10.0 Å². The zero-order valence-electron chi connectivity index (χ0n) is 17.4. The van der Waals surface area contributed by atoms with Crippen LogP contribution in [0.5, 0.6) is 5.75 Å². The van der Waals surface area contributed by atoms with E-state index in [2.05, 4.69) is 4.72 Å². The standard InChI is InChI=1S/C22H27FN2O4S/c1-15(16-8-11-18(23)12-9-16)25(2)22(26)17-10-13-20(29-3)21(14-17)30(27,28)24-19-6-4-5-7-19/h8-15,19,24H,4-7H2,1-3H3. The lowest BCUT2D eigenvalue weighted by atomic mass is 10.1. The van der Waals surface area contributed by atoms with Crippen molar-refractivity contribution in [2.24, 2.45) is 0 Å². The number of hydrogen-bond acceptors (Lipinski definition) is 4. The third-order valence-electron chi connectivity index (χ3n) is 5.63. The number of amides is 1. The second-order valence-corrected chi connectivity index (χ2v) is 9.29. The molecular weight excluding hydrogens is 407 g/mol. The first kappa shape index (κ1) is 22.2. The van der Waals surface area contributed by atoms with Gasteiger partial charge >= 0.3 is 0 Å². The lowest BCUT2D eigenvalue weighted by molar-refractivity contribution is 0.0742. The van der Waals surface area contributed by atoms with Gasteiger partial charge in [-0.1, -0.05) is 25.0 Å². The second kappa shape index (κ2) is 9.14. The Kier molecular flexibility index (Phi) is 6.77. The highest BCUT2D eigenvalue weighted by atomic mass is 32.2. The molecule has 0 saturated heterocycles. The molecule has 1 aliphatic rings. The van der Waals surface area contributed by atoms with E-state index in [9.17, 15) is 17.6 Å². The summed E-state index contributed by atoms with van der Waals surface area (Å²) in [5, 5.41) is 0. The molecular formula is C22H27FN2O4S. The summed E-state index contributed by atoms with van der Waals surface area (Å²) in [6.45, 7) is 1.83. The fraction of sp³-hybridized carbons (Fsp3) is 0.409. The number of carbonyl (C=O) groups is 1. The van der Waals surface area contributed by atoms with Gasteiger partial charge in [0.15, 0.2) is 0 Å². The topological polar surface area (TPSA) is 75.7 Å². The van der Waals surface area contributed by atoms with Crippen molar-refractivity contribution in [3.05, 3.63) is 59.4 Å². The highest BCUT2D eigenvalue weighted by Crippen LogP contribution is 2.29. The highest BCUT2D eigenvalue weighted by Gasteiger charge is 2.28. The van der Waals surface area contributed by atoms with Crippen molar-refractivity contribution in [3.8, 4) is 5.75 Å². The van der Waals surface area contributed by atoms with Gasteiger partial charge in [-0.15, -0.1) is 0 Å². The fourth-order valence-corrected chi connectivity index (χ4v) is 5.19. The largest absolute Gasteiger partial charge is 0.495 e. The number of nitrogens with zero attached hydrogens (tertiary/aromatic N) is 1. The maximum Gasteiger partial charge on any atom is 0.254 e. The molecule has 1 aliphatic carbocycles. The van der Waals surface area contributed by atoms with Gasteiger partial charge in [0.1, 0.15) is 16.5 Å². The normalized spacial score (nSPS) is 15.7. The van der Waals surface area contributed by atoms with Crippen LogP contribution in [0.3, 0.4) is 0 Å². The molecule has 30 heavy (non-hydrogen) atoms. The Morgan fingerprint density at radius 1 is 1.17 bits per heavy atom. The number of carbonyl (C=O) groups excluding carboxylic acids is 1. The predicted octanol–water partition coefficient (Wildman–Crippen LogP) is 3.89. The van der Waals surface area contributed by atoms with Gasteiger partial charge < -0.3 is 9.64 Å². The van der Waals surface area contributed by atoms with E-state index in [4.69, 9.17) is 4.74 Å². The van der Waals surface area contributed by atoms with Crippen LogP contribution in [0, 0.1) is 5.82 Å². The van der Waals surface area contributed by atoms with Crippen LogP contribution in [0.15, 0.2) is 47.4 Å². The molecule has 1 atom stereocenters. The number of nitrogens with one attached hydrogen (secondary N) is 1. The molecule has 8 heteroatoms. The number of ether oxygens (including phenoxy) is 1. The summed E-state index contributed by atoms with van der Waals surface area (Å²) in [7, 11) is -0.805. The molecule has 2 aromatic carbocycles. The SMILES string of the molecule is COc1ccc(C(=O)N(C)C(C)c2ccc(F)cc2)cc1S(=O)(=O)NC1CCCC1. The van der Waals surface area contributed by atoms with Gasteiger partial charge in [-0.2, -0.15) is 0 Å². The first-order valence-corrected chi connectivity index (χ1v) is 11.4. The molecule has 0 spiro atoms. The van der Waals surface area contributed by atoms with E-state index in [0.29, 0.717) is 0 Å². The zero-order valence-corrected chi connectivity index (χ0v) is 18.2. The molecule has 1 fully saturated rings. The van der Waals surface area contributed by atoms with Gasteiger partial charge in [0.05, 0.1) is 13.2 Å². The van der Waals surface area contributed by atoms with Crippen LogP contribution in [-0.4, -0.2) is 39.4 Å². The summed E-state index contributed by atoms with van der Waals surface area (Å²) < 4.78 is 47.1. The fourth-order valence-electron chi connectivity index (χ4n) is 3.69. The third kappa shape index (κ3) is 4.82. The molecule has 1 amide bonds. The quantitative estimate of drug-likeness (QED) is 0.717. The van der Waals surface area contributed by atoms with Gasteiger partial charge in [-0.3, -0.25) is 4.79 Å². The highest BCUT2D eigenvalue weighted by molar-refractivity contribution is 7.89. The number of methoxy groups -OCH3 is 1. The van der Waals surface area contributed by atoms with Crippen molar-refractivity contribution in [2.45, 2.75) is 49.6 Å². The smallest absolute Gasteiger partial charge is 0.254 e. The minimum absolute atomic E-state index is 0.0504. The van der Waals surface area contributed by atoms with Crippen LogP contribution >= 0.6 is 0 Å². The van der Waals surface area contributed by atoms with Crippen LogP contribution in [0.25, 0.3) is 0 Å². The van der Waals surface area contributed by atoms with Gasteiger partial charge in [-0.05, 0) is 55.7 Å². The minimum atomic E-state index is -3.83. The van der Waals surface area contributed by atoms with Crippen molar-refractivity contribution < 1.29 is 22.3 Å². The average molecular weight is 435 g/mol. The van der Waals surface area contributed by atoms with Crippen LogP contribution in [0.2, 0.25) is 0 Å². The Morgan fingerprint density at radius 3 is 2.40 bits per heavy atom. The summed E-state index contributed by atoms with van der Waals surface area (Å²) in [4.78, 5) is 14.5. The number of rotatable bonds is 7. The number of sulfonamides is 1. The van der Waals surface area contributed by atoms with Gasteiger partial charge in [0.25, 0.3) is 5.91 Å². The maximum atomic E-state index is 13.2. The molecule has 0 aliphatic heterocycles. The van der Waals surface area contributed by atoms with Crippen LogP contribution < -0.4 is 9.46 Å². The Labute approximate surface area is 177 Å². The monoisotopic (exact) mass is 434 g/mol. The van der Waals surface area contributed by atoms with E-state index in [1.54, 1.807) is 25.2 Å². The first-order valence-electron chi connectivity index (χ1n) is 9.96. The van der Waals surface area contributed by atoms with Crippen molar-refractivity contribution in [1.29, 1.82) is 0 Å². The Bertz CT molecular complexity index is 1000. The minimum Gasteiger partial charge on any atom is -0.495 e. The second-order valence-electron chi connectivity index (χ2n) is 7.61. The molecule has 0 heterocycles. The first-order chi connectivity index (χ1) is 14.2. The van der Waals surface area contributed by atoms with E-state index in [1.165, 1.54) is 36.3 Å². The predicted molar refractivity (Wildman–Crippen MR) is 112 cm³/mol. The summed E-state index contributed by atoms with van der Waals surface area (Å²) in [5.74, 6) is -0.502. The number of halogens is 1. The van der Waals surface area contributed by atoms with E-state index in [-0.39, 0.29) is 40.0 Å². The summed E-state index contributed by atoms with van der Waals surface area (Å²) in [6, 6.07) is 9.91. The van der Waals surface area contributed by atoms with Crippen LogP contribution in [-0.2, 0) is 10.0 Å². The summed E-state index contributed by atoms with van der Waals surface area (Å²) >= 11 is 0. The Hall–Kier alpha value is -2.45. The van der Waals surface area contributed by atoms with E-state index in [0.717, 1.165) is 31.2 Å². The van der Waals surface area contributed by atoms with Crippen molar-refractivity contribution in [3.63, 3.8) is 0 Å². The summed E-state index contributed by atoms with van der Waals surface area (Å²) in [5.41, 5.74) is 1.01. The van der Waals surface area contributed by atoms with E-state index >= 15 is 0 Å². The van der Waals surface area contributed by atoms with Crippen LogP contribution in [0.4, 0.5) is 4.39 Å². The zero-order chi connectivity index (χ0) is 21.9. The molecule has 0 bridgehead atoms. The molecule has 6 nitrogen and oxygen atoms in total. The maximum absolute atomic E-state index is 13.2. The molecule has 0 radical (unpaired) electrons. The number of benzene rings is 2. The van der Waals surface area contributed by atoms with E-state index in [1.807, 2.05) is 6.92 Å². The molecule has 1 unspecified atom stereocenters. The lowest BCUT2D eigenvalue weighted by Gasteiger charge is -2.26. The summed E-state index contributed by atoms with van der Waals surface area (Å²) in [6.07, 6.45) is 3.60. The van der Waals surface area contributed by atoms with Crippen molar-refractivity contribution >= 4 is 15.9 Å². The van der Waals surface area contributed by atoms with Crippen molar-refractivity contribution in [2.75, 3.05) is 14.2 Å². The molecule has 2 aromatic rings. The average Bonchev–Trinajstić information content (AvgIpc) is 3.24. The molecule has 1 saturated carbocycles. The van der Waals surface area contributed by atoms with Crippen molar-refractivity contribution in [1.82, 2.24) is 9.62 Å². The molecule has 162 valence electrons. The Morgan fingerprint density at radius 2 is 1.80 bits per heavy atom. The van der Waals surface area contributed by atoms with Gasteiger partial charge in [0, 0.05) is 18.7 Å². The third-order valence-corrected chi connectivity index (χ3v) is 7.17. The van der Waals surface area contributed by atoms with Crippen LogP contribution in [0.1, 0.15) is 54.6 Å².